The predicted molar refractivity (Wildman–Crippen MR) is 105 cm³/mol. The molecule has 1 aliphatic heterocycles. The largest absolute Gasteiger partial charge is 0.481 e. The number of thiocarbonyl (C=S) groups is 1. The molecule has 0 spiro atoms. The van der Waals surface area contributed by atoms with E-state index in [1.165, 1.54) is 17.0 Å². The predicted octanol–water partition coefficient (Wildman–Crippen LogP) is 3.06. The van der Waals surface area contributed by atoms with Crippen LogP contribution in [0.15, 0.2) is 47.5 Å². The van der Waals surface area contributed by atoms with E-state index in [1.54, 1.807) is 41.1 Å². The fourth-order valence-corrected chi connectivity index (χ4v) is 3.83. The molecule has 0 unspecified atom stereocenters. The van der Waals surface area contributed by atoms with Crippen molar-refractivity contribution in [1.82, 2.24) is 9.47 Å². The smallest absolute Gasteiger partial charge is 0.305 e. The van der Waals surface area contributed by atoms with Crippen LogP contribution in [0.1, 0.15) is 12.1 Å². The Hall–Kier alpha value is -2.98. The number of carbonyl (C=O) groups excluding carboxylic acids is 1. The molecule has 1 saturated heterocycles. The molecule has 1 aromatic carbocycles. The SMILES string of the molecule is O=C(O)CCN1C(=O)/C(=C\c2cccn2-c2cccc([N+](=O)[O-])c2)SC1=S. The van der Waals surface area contributed by atoms with Crippen LogP contribution in [-0.2, 0) is 9.59 Å². The van der Waals surface area contributed by atoms with Crippen LogP contribution in [0.3, 0.4) is 0 Å². The molecule has 0 saturated carbocycles. The Balaban J connectivity index is 1.89. The number of nitro groups is 1. The van der Waals surface area contributed by atoms with Gasteiger partial charge in [0.2, 0.25) is 0 Å². The van der Waals surface area contributed by atoms with Crippen LogP contribution in [0, 0.1) is 10.1 Å². The third kappa shape index (κ3) is 4.07. The first kappa shape index (κ1) is 18.8. The molecule has 138 valence electrons. The molecule has 3 rings (SSSR count). The van der Waals surface area contributed by atoms with E-state index in [0.29, 0.717) is 20.6 Å². The summed E-state index contributed by atoms with van der Waals surface area (Å²) in [6.07, 6.45) is 3.18. The Kier molecular flexibility index (Phi) is 5.38. The molecule has 1 fully saturated rings. The summed E-state index contributed by atoms with van der Waals surface area (Å²) in [7, 11) is 0. The standard InChI is InChI=1S/C17H13N3O5S2/c21-15(22)6-8-19-16(23)14(27-17(19)26)10-12-5-2-7-18(12)11-3-1-4-13(9-11)20(24)25/h1-5,7,9-10H,6,8H2,(H,21,22)/b14-10+. The van der Waals surface area contributed by atoms with Crippen LogP contribution in [-0.4, -0.2) is 42.2 Å². The number of nitrogens with zero attached hydrogens (tertiary/aromatic N) is 3. The van der Waals surface area contributed by atoms with Gasteiger partial charge >= 0.3 is 5.97 Å². The van der Waals surface area contributed by atoms with Gasteiger partial charge in [0.15, 0.2) is 0 Å². The number of aliphatic carboxylic acids is 1. The lowest BCUT2D eigenvalue weighted by atomic mass is 10.2. The first-order chi connectivity index (χ1) is 12.9. The van der Waals surface area contributed by atoms with Crippen LogP contribution >= 0.6 is 24.0 Å². The van der Waals surface area contributed by atoms with Gasteiger partial charge in [-0.15, -0.1) is 0 Å². The fourth-order valence-electron chi connectivity index (χ4n) is 2.54. The molecule has 1 aliphatic rings. The van der Waals surface area contributed by atoms with E-state index in [4.69, 9.17) is 17.3 Å². The van der Waals surface area contributed by atoms with Gasteiger partial charge in [0, 0.05) is 30.6 Å². The molecule has 0 bridgehead atoms. The number of non-ortho nitro benzene ring substituents is 1. The molecule has 1 amide bonds. The van der Waals surface area contributed by atoms with Gasteiger partial charge in [-0.2, -0.15) is 0 Å². The molecule has 0 aliphatic carbocycles. The summed E-state index contributed by atoms with van der Waals surface area (Å²) in [6, 6.07) is 9.68. The number of carboxylic acid groups (broad SMARTS) is 1. The number of nitro benzene ring substituents is 1. The molecule has 8 nitrogen and oxygen atoms in total. The summed E-state index contributed by atoms with van der Waals surface area (Å²) in [5.74, 6) is -1.36. The van der Waals surface area contributed by atoms with E-state index >= 15 is 0 Å². The first-order valence-electron chi connectivity index (χ1n) is 7.76. The van der Waals surface area contributed by atoms with E-state index in [2.05, 4.69) is 0 Å². The van der Waals surface area contributed by atoms with Crippen molar-refractivity contribution < 1.29 is 19.6 Å². The van der Waals surface area contributed by atoms with Gasteiger partial charge in [0.1, 0.15) is 4.32 Å². The van der Waals surface area contributed by atoms with Crippen LogP contribution < -0.4 is 0 Å². The number of thioether (sulfide) groups is 1. The van der Waals surface area contributed by atoms with E-state index in [1.807, 2.05) is 0 Å². The van der Waals surface area contributed by atoms with Gasteiger partial charge in [-0.05, 0) is 24.3 Å². The zero-order valence-corrected chi connectivity index (χ0v) is 15.4. The zero-order valence-electron chi connectivity index (χ0n) is 13.8. The third-order valence-electron chi connectivity index (χ3n) is 3.80. The Bertz CT molecular complexity index is 982. The number of rotatable bonds is 6. The molecule has 0 atom stereocenters. The molecule has 2 heterocycles. The number of hydrogen-bond acceptors (Lipinski definition) is 6. The minimum Gasteiger partial charge on any atom is -0.481 e. The maximum Gasteiger partial charge on any atom is 0.305 e. The quantitative estimate of drug-likeness (QED) is 0.342. The van der Waals surface area contributed by atoms with Crippen molar-refractivity contribution in [3.8, 4) is 5.69 Å². The van der Waals surface area contributed by atoms with Gasteiger partial charge in [0.05, 0.1) is 21.9 Å². The molecule has 1 N–H and O–H groups in total. The topological polar surface area (TPSA) is 106 Å². The summed E-state index contributed by atoms with van der Waals surface area (Å²) < 4.78 is 2.03. The lowest BCUT2D eigenvalue weighted by Gasteiger charge is -2.12. The second kappa shape index (κ2) is 7.72. The van der Waals surface area contributed by atoms with Crippen molar-refractivity contribution in [1.29, 1.82) is 0 Å². The van der Waals surface area contributed by atoms with E-state index < -0.39 is 10.9 Å². The molecule has 0 radical (unpaired) electrons. The van der Waals surface area contributed by atoms with Crippen molar-refractivity contribution in [2.75, 3.05) is 6.54 Å². The second-order valence-electron chi connectivity index (χ2n) is 5.56. The van der Waals surface area contributed by atoms with Crippen LogP contribution in [0.25, 0.3) is 11.8 Å². The van der Waals surface area contributed by atoms with Crippen LogP contribution in [0.2, 0.25) is 0 Å². The number of amides is 1. The van der Waals surface area contributed by atoms with Crippen molar-refractivity contribution in [2.45, 2.75) is 6.42 Å². The first-order valence-corrected chi connectivity index (χ1v) is 8.98. The summed E-state index contributed by atoms with van der Waals surface area (Å²) in [5, 5.41) is 19.8. The minimum absolute atomic E-state index is 0.0171. The normalized spacial score (nSPS) is 15.6. The highest BCUT2D eigenvalue weighted by Crippen LogP contribution is 2.33. The number of aromatic nitrogens is 1. The Labute approximate surface area is 163 Å². The summed E-state index contributed by atoms with van der Waals surface area (Å²) in [4.78, 5) is 35.4. The Morgan fingerprint density at radius 3 is 2.81 bits per heavy atom. The molecular formula is C17H13N3O5S2. The average Bonchev–Trinajstić information content (AvgIpc) is 3.18. The van der Waals surface area contributed by atoms with E-state index in [0.717, 1.165) is 11.8 Å². The lowest BCUT2D eigenvalue weighted by Crippen LogP contribution is -2.30. The van der Waals surface area contributed by atoms with E-state index in [9.17, 15) is 19.7 Å². The number of carbonyl (C=O) groups is 2. The summed E-state index contributed by atoms with van der Waals surface area (Å²) in [5.41, 5.74) is 1.20. The Morgan fingerprint density at radius 2 is 2.11 bits per heavy atom. The van der Waals surface area contributed by atoms with Crippen molar-refractivity contribution in [3.63, 3.8) is 0 Å². The fraction of sp³-hybridized carbons (Fsp3) is 0.118. The number of benzene rings is 1. The van der Waals surface area contributed by atoms with Crippen molar-refractivity contribution in [3.05, 3.63) is 63.3 Å². The number of carboxylic acids is 1. The van der Waals surface area contributed by atoms with Crippen molar-refractivity contribution in [2.24, 2.45) is 0 Å². The van der Waals surface area contributed by atoms with Gasteiger partial charge in [-0.25, -0.2) is 0 Å². The molecule has 2 aromatic rings. The average molecular weight is 403 g/mol. The van der Waals surface area contributed by atoms with E-state index in [-0.39, 0.29) is 24.6 Å². The minimum atomic E-state index is -1.01. The zero-order chi connectivity index (χ0) is 19.6. The number of hydrogen-bond donors (Lipinski definition) is 1. The highest BCUT2D eigenvalue weighted by Gasteiger charge is 2.32. The third-order valence-corrected chi connectivity index (χ3v) is 5.18. The maximum absolute atomic E-state index is 12.5. The van der Waals surface area contributed by atoms with Crippen LogP contribution in [0.5, 0.6) is 0 Å². The van der Waals surface area contributed by atoms with Gasteiger partial charge in [-0.3, -0.25) is 24.6 Å². The van der Waals surface area contributed by atoms with Gasteiger partial charge in [-0.1, -0.05) is 30.0 Å². The summed E-state index contributed by atoms with van der Waals surface area (Å²) in [6.45, 7) is 0.0171. The highest BCUT2D eigenvalue weighted by atomic mass is 32.2. The second-order valence-corrected chi connectivity index (χ2v) is 7.23. The van der Waals surface area contributed by atoms with Gasteiger partial charge < -0.3 is 9.67 Å². The monoisotopic (exact) mass is 403 g/mol. The maximum atomic E-state index is 12.5. The van der Waals surface area contributed by atoms with Crippen molar-refractivity contribution >= 4 is 51.9 Å². The molecule has 1 aromatic heterocycles. The molecule has 10 heteroatoms. The molecular weight excluding hydrogens is 390 g/mol. The molecule has 27 heavy (non-hydrogen) atoms. The highest BCUT2D eigenvalue weighted by molar-refractivity contribution is 8.26. The summed E-state index contributed by atoms with van der Waals surface area (Å²) >= 11 is 6.26. The van der Waals surface area contributed by atoms with Crippen LogP contribution in [0.4, 0.5) is 5.69 Å². The lowest BCUT2D eigenvalue weighted by molar-refractivity contribution is -0.384. The van der Waals surface area contributed by atoms with Gasteiger partial charge in [0.25, 0.3) is 11.6 Å². The Morgan fingerprint density at radius 1 is 1.33 bits per heavy atom.